The Morgan fingerprint density at radius 1 is 0.939 bits per heavy atom. The van der Waals surface area contributed by atoms with Crippen LogP contribution in [0.4, 0.5) is 10.5 Å². The number of aromatic amines is 1. The normalized spacial score (nSPS) is 11.8. The Morgan fingerprint density at radius 3 is 2.48 bits per heavy atom. The van der Waals surface area contributed by atoms with E-state index in [2.05, 4.69) is 21.7 Å². The van der Waals surface area contributed by atoms with Gasteiger partial charge < -0.3 is 25.1 Å². The summed E-state index contributed by atoms with van der Waals surface area (Å²) in [6.45, 7) is 4.49. The quantitative estimate of drug-likeness (QED) is 0.340. The Labute approximate surface area is 193 Å². The van der Waals surface area contributed by atoms with E-state index in [1.165, 1.54) is 5.56 Å². The molecule has 0 aliphatic heterocycles. The second-order valence-corrected chi connectivity index (χ2v) is 8.09. The van der Waals surface area contributed by atoms with E-state index in [-0.39, 0.29) is 11.9 Å². The van der Waals surface area contributed by atoms with Gasteiger partial charge >= 0.3 is 6.03 Å². The van der Waals surface area contributed by atoms with Crippen molar-refractivity contribution in [1.82, 2.24) is 10.3 Å². The first-order chi connectivity index (χ1) is 16.0. The summed E-state index contributed by atoms with van der Waals surface area (Å²) < 4.78 is 10.9. The van der Waals surface area contributed by atoms with Crippen LogP contribution in [-0.2, 0) is 0 Å². The lowest BCUT2D eigenvalue weighted by Crippen LogP contribution is -2.32. The van der Waals surface area contributed by atoms with Gasteiger partial charge in [-0.3, -0.25) is 0 Å². The summed E-state index contributed by atoms with van der Waals surface area (Å²) in [6, 6.07) is 19.7. The van der Waals surface area contributed by atoms with Gasteiger partial charge in [0.2, 0.25) is 0 Å². The van der Waals surface area contributed by atoms with Crippen molar-refractivity contribution in [3.63, 3.8) is 0 Å². The van der Waals surface area contributed by atoms with Crippen LogP contribution in [0.5, 0.6) is 11.5 Å². The first-order valence-corrected chi connectivity index (χ1v) is 10.9. The van der Waals surface area contributed by atoms with Crippen molar-refractivity contribution in [2.45, 2.75) is 19.8 Å². The molecule has 170 valence electrons. The van der Waals surface area contributed by atoms with E-state index in [1.54, 1.807) is 14.2 Å². The number of fused-ring (bicyclic) bond motifs is 1. The molecular formula is C27H29N3O3. The van der Waals surface area contributed by atoms with E-state index in [0.717, 1.165) is 33.3 Å². The monoisotopic (exact) mass is 443 g/mol. The van der Waals surface area contributed by atoms with Gasteiger partial charge in [-0.1, -0.05) is 30.3 Å². The molecule has 1 heterocycles. The zero-order valence-corrected chi connectivity index (χ0v) is 19.4. The van der Waals surface area contributed by atoms with Crippen LogP contribution in [0.3, 0.4) is 0 Å². The second-order valence-electron chi connectivity index (χ2n) is 8.09. The summed E-state index contributed by atoms with van der Waals surface area (Å²) in [5.41, 5.74) is 6.26. The number of carbonyl (C=O) groups excluding carboxylic acids is 1. The van der Waals surface area contributed by atoms with E-state index < -0.39 is 0 Å². The van der Waals surface area contributed by atoms with Gasteiger partial charge in [0, 0.05) is 35.2 Å². The number of urea groups is 1. The molecule has 4 aromatic rings. The smallest absolute Gasteiger partial charge is 0.319 e. The van der Waals surface area contributed by atoms with Crippen molar-refractivity contribution in [3.8, 4) is 11.5 Å². The zero-order chi connectivity index (χ0) is 23.4. The van der Waals surface area contributed by atoms with Crippen molar-refractivity contribution < 1.29 is 14.3 Å². The number of aromatic nitrogens is 1. The number of nitrogens with one attached hydrogen (secondary N) is 3. The number of anilines is 1. The Kier molecular flexibility index (Phi) is 6.54. The molecule has 0 aliphatic rings. The van der Waals surface area contributed by atoms with Crippen LogP contribution in [0, 0.1) is 13.8 Å². The van der Waals surface area contributed by atoms with Crippen molar-refractivity contribution in [3.05, 3.63) is 89.1 Å². The Bertz CT molecular complexity index is 1280. The Hall–Kier alpha value is -3.93. The average molecular weight is 444 g/mol. The van der Waals surface area contributed by atoms with E-state index in [4.69, 9.17) is 9.47 Å². The van der Waals surface area contributed by atoms with Crippen LogP contribution < -0.4 is 20.1 Å². The third kappa shape index (κ3) is 4.80. The third-order valence-electron chi connectivity index (χ3n) is 6.04. The molecular weight excluding hydrogens is 414 g/mol. The molecule has 3 N–H and O–H groups in total. The zero-order valence-electron chi connectivity index (χ0n) is 19.4. The molecule has 0 spiro atoms. The molecule has 1 atom stereocenters. The van der Waals surface area contributed by atoms with Crippen LogP contribution in [0.15, 0.2) is 66.9 Å². The predicted octanol–water partition coefficient (Wildman–Crippen LogP) is 5.76. The number of para-hydroxylation sites is 1. The third-order valence-corrected chi connectivity index (χ3v) is 6.04. The molecule has 0 unspecified atom stereocenters. The van der Waals surface area contributed by atoms with Gasteiger partial charge in [-0.25, -0.2) is 4.79 Å². The van der Waals surface area contributed by atoms with Crippen molar-refractivity contribution in [1.29, 1.82) is 0 Å². The highest BCUT2D eigenvalue weighted by Crippen LogP contribution is 2.35. The fourth-order valence-electron chi connectivity index (χ4n) is 4.05. The number of hydrogen-bond donors (Lipinski definition) is 3. The summed E-state index contributed by atoms with van der Waals surface area (Å²) in [4.78, 5) is 16.1. The van der Waals surface area contributed by atoms with E-state index in [0.29, 0.717) is 18.0 Å². The molecule has 0 bridgehead atoms. The minimum absolute atomic E-state index is 0.0912. The Balaban J connectivity index is 1.62. The first kappa shape index (κ1) is 22.3. The molecule has 6 nitrogen and oxygen atoms in total. The molecule has 4 rings (SSSR count). The summed E-state index contributed by atoms with van der Waals surface area (Å²) in [6.07, 6.45) is 2.01. The standard InChI is InChI=1S/C27H29N3O3/c1-17-9-11-20(13-18(17)2)30-27(31)29-15-22(19-10-12-25(32-3)26(14-19)33-4)23-16-28-24-8-6-5-7-21(23)24/h5-14,16,22,28H,15H2,1-4H3,(H2,29,30,31)/t22-/m0/s1. The molecule has 3 aromatic carbocycles. The van der Waals surface area contributed by atoms with Gasteiger partial charge in [0.05, 0.1) is 14.2 Å². The SMILES string of the molecule is COc1ccc([C@H](CNC(=O)Nc2ccc(C)c(C)c2)c2c[nH]c3ccccc23)cc1OC. The fourth-order valence-corrected chi connectivity index (χ4v) is 4.05. The number of hydrogen-bond acceptors (Lipinski definition) is 3. The maximum absolute atomic E-state index is 12.7. The maximum Gasteiger partial charge on any atom is 0.319 e. The molecule has 0 aliphatic carbocycles. The summed E-state index contributed by atoms with van der Waals surface area (Å²) in [5.74, 6) is 1.23. The number of H-pyrrole nitrogens is 1. The summed E-state index contributed by atoms with van der Waals surface area (Å²) >= 11 is 0. The molecule has 33 heavy (non-hydrogen) atoms. The lowest BCUT2D eigenvalue weighted by Gasteiger charge is -2.20. The lowest BCUT2D eigenvalue weighted by molar-refractivity contribution is 0.252. The molecule has 0 saturated carbocycles. The lowest BCUT2D eigenvalue weighted by atomic mass is 9.90. The molecule has 1 aromatic heterocycles. The van der Waals surface area contributed by atoms with Crippen LogP contribution in [0.25, 0.3) is 10.9 Å². The Morgan fingerprint density at radius 2 is 1.73 bits per heavy atom. The predicted molar refractivity (Wildman–Crippen MR) is 133 cm³/mol. The van der Waals surface area contributed by atoms with Crippen LogP contribution in [-0.4, -0.2) is 31.8 Å². The summed E-state index contributed by atoms with van der Waals surface area (Å²) in [5, 5.41) is 7.10. The molecule has 0 radical (unpaired) electrons. The molecule has 0 fully saturated rings. The molecule has 2 amide bonds. The van der Waals surface area contributed by atoms with Crippen molar-refractivity contribution in [2.24, 2.45) is 0 Å². The number of amides is 2. The van der Waals surface area contributed by atoms with Gasteiger partial charge in [-0.2, -0.15) is 0 Å². The minimum atomic E-state index is -0.247. The first-order valence-electron chi connectivity index (χ1n) is 10.9. The topological polar surface area (TPSA) is 75.4 Å². The number of carbonyl (C=O) groups is 1. The van der Waals surface area contributed by atoms with Gasteiger partial charge in [-0.05, 0) is 66.4 Å². The highest BCUT2D eigenvalue weighted by molar-refractivity contribution is 5.89. The van der Waals surface area contributed by atoms with Crippen LogP contribution in [0.1, 0.15) is 28.2 Å². The number of rotatable bonds is 7. The molecule has 6 heteroatoms. The minimum Gasteiger partial charge on any atom is -0.493 e. The second kappa shape index (κ2) is 9.69. The van der Waals surface area contributed by atoms with E-state index >= 15 is 0 Å². The highest BCUT2D eigenvalue weighted by Gasteiger charge is 2.21. The van der Waals surface area contributed by atoms with Gasteiger partial charge in [0.1, 0.15) is 0 Å². The van der Waals surface area contributed by atoms with Gasteiger partial charge in [-0.15, -0.1) is 0 Å². The number of ether oxygens (including phenoxy) is 2. The van der Waals surface area contributed by atoms with E-state index in [1.807, 2.05) is 74.6 Å². The number of benzene rings is 3. The van der Waals surface area contributed by atoms with Crippen molar-refractivity contribution >= 4 is 22.6 Å². The highest BCUT2D eigenvalue weighted by atomic mass is 16.5. The molecule has 0 saturated heterocycles. The summed E-state index contributed by atoms with van der Waals surface area (Å²) in [7, 11) is 3.24. The maximum atomic E-state index is 12.7. The van der Waals surface area contributed by atoms with E-state index in [9.17, 15) is 4.79 Å². The number of methoxy groups -OCH3 is 2. The van der Waals surface area contributed by atoms with Gasteiger partial charge in [0.25, 0.3) is 0 Å². The van der Waals surface area contributed by atoms with Crippen LogP contribution in [0.2, 0.25) is 0 Å². The fraction of sp³-hybridized carbons (Fsp3) is 0.222. The average Bonchev–Trinajstić information content (AvgIpc) is 3.25. The van der Waals surface area contributed by atoms with Crippen molar-refractivity contribution in [2.75, 3.05) is 26.1 Å². The van der Waals surface area contributed by atoms with Gasteiger partial charge in [0.15, 0.2) is 11.5 Å². The number of aryl methyl sites for hydroxylation is 2. The van der Waals surface area contributed by atoms with Crippen LogP contribution >= 0.6 is 0 Å². The largest absolute Gasteiger partial charge is 0.493 e.